The number of carbonyl (C=O) groups excluding carboxylic acids is 1. The zero-order valence-corrected chi connectivity index (χ0v) is 11.3. The van der Waals surface area contributed by atoms with Crippen molar-refractivity contribution in [1.82, 2.24) is 9.80 Å². The fraction of sp³-hybridized carbons (Fsp3) is 0.533. The van der Waals surface area contributed by atoms with Crippen molar-refractivity contribution in [1.29, 1.82) is 0 Å². The highest BCUT2D eigenvalue weighted by Crippen LogP contribution is 2.18. The number of carbonyl (C=O) groups is 1. The van der Waals surface area contributed by atoms with Gasteiger partial charge in [0, 0.05) is 13.6 Å². The topological polar surface area (TPSA) is 23.6 Å². The number of hydrogen-bond acceptors (Lipinski definition) is 2. The summed E-state index contributed by atoms with van der Waals surface area (Å²) in [5.74, 6) is 0.259. The zero-order valence-electron chi connectivity index (χ0n) is 11.3. The first-order chi connectivity index (χ1) is 8.72. The smallest absolute Gasteiger partial charge is 0.241 e. The summed E-state index contributed by atoms with van der Waals surface area (Å²) in [4.78, 5) is 16.3. The minimum absolute atomic E-state index is 0.0314. The summed E-state index contributed by atoms with van der Waals surface area (Å²) in [6.07, 6.45) is 3.16. The van der Waals surface area contributed by atoms with Gasteiger partial charge in [0.2, 0.25) is 5.91 Å². The normalized spacial score (nSPS) is 20.7. The second-order valence-electron chi connectivity index (χ2n) is 5.05. The summed E-state index contributed by atoms with van der Waals surface area (Å²) in [7, 11) is 1.90. The fourth-order valence-corrected chi connectivity index (χ4v) is 2.49. The van der Waals surface area contributed by atoms with Crippen molar-refractivity contribution < 1.29 is 4.79 Å². The number of likely N-dealkylation sites (N-methyl/N-ethyl adjacent to an activating group) is 1. The lowest BCUT2D eigenvalue weighted by Crippen LogP contribution is -2.35. The van der Waals surface area contributed by atoms with E-state index in [2.05, 4.69) is 24.0 Å². The first kappa shape index (κ1) is 13.1. The van der Waals surface area contributed by atoms with Crippen LogP contribution in [0.2, 0.25) is 0 Å². The van der Waals surface area contributed by atoms with Crippen LogP contribution in [0.5, 0.6) is 0 Å². The van der Waals surface area contributed by atoms with E-state index in [1.165, 1.54) is 12.0 Å². The van der Waals surface area contributed by atoms with Gasteiger partial charge in [0.05, 0.1) is 12.7 Å². The highest BCUT2D eigenvalue weighted by Gasteiger charge is 2.35. The average molecular weight is 246 g/mol. The Labute approximate surface area is 109 Å². The van der Waals surface area contributed by atoms with Gasteiger partial charge in [-0.05, 0) is 18.4 Å². The fourth-order valence-electron chi connectivity index (χ4n) is 2.49. The predicted molar refractivity (Wildman–Crippen MR) is 73.2 cm³/mol. The maximum atomic E-state index is 12.2. The van der Waals surface area contributed by atoms with Crippen molar-refractivity contribution >= 4 is 5.91 Å². The third-order valence-electron chi connectivity index (χ3n) is 3.57. The van der Waals surface area contributed by atoms with Gasteiger partial charge in [-0.2, -0.15) is 0 Å². The summed E-state index contributed by atoms with van der Waals surface area (Å²) in [5, 5.41) is 0. The first-order valence-corrected chi connectivity index (χ1v) is 6.75. The van der Waals surface area contributed by atoms with Gasteiger partial charge in [-0.15, -0.1) is 0 Å². The van der Waals surface area contributed by atoms with Gasteiger partial charge in [-0.1, -0.05) is 43.7 Å². The molecule has 1 heterocycles. The lowest BCUT2D eigenvalue weighted by molar-refractivity contribution is -0.128. The van der Waals surface area contributed by atoms with E-state index in [1.54, 1.807) is 0 Å². The second kappa shape index (κ2) is 6.01. The molecule has 2 rings (SSSR count). The Kier molecular flexibility index (Phi) is 4.37. The predicted octanol–water partition coefficient (Wildman–Crippen LogP) is 2.13. The Morgan fingerprint density at radius 2 is 2.00 bits per heavy atom. The molecule has 1 saturated heterocycles. The molecule has 1 aromatic carbocycles. The number of nitrogens with zero attached hydrogens (tertiary/aromatic N) is 2. The second-order valence-corrected chi connectivity index (χ2v) is 5.05. The molecule has 18 heavy (non-hydrogen) atoms. The van der Waals surface area contributed by atoms with Gasteiger partial charge in [-0.25, -0.2) is 0 Å². The van der Waals surface area contributed by atoms with Crippen LogP contribution in [0.4, 0.5) is 0 Å². The largest absolute Gasteiger partial charge is 0.331 e. The molecule has 1 unspecified atom stereocenters. The third-order valence-corrected chi connectivity index (χ3v) is 3.57. The van der Waals surface area contributed by atoms with Gasteiger partial charge in [0.1, 0.15) is 0 Å². The minimum Gasteiger partial charge on any atom is -0.331 e. The van der Waals surface area contributed by atoms with Crippen LogP contribution in [-0.4, -0.2) is 42.0 Å². The number of amides is 1. The van der Waals surface area contributed by atoms with Crippen LogP contribution in [-0.2, 0) is 11.2 Å². The van der Waals surface area contributed by atoms with Crippen LogP contribution in [0.3, 0.4) is 0 Å². The van der Waals surface area contributed by atoms with E-state index in [1.807, 2.05) is 30.1 Å². The summed E-state index contributed by atoms with van der Waals surface area (Å²) in [6, 6.07) is 10.3. The molecule has 0 aliphatic carbocycles. The first-order valence-electron chi connectivity index (χ1n) is 6.75. The van der Waals surface area contributed by atoms with Crippen LogP contribution in [0.25, 0.3) is 0 Å². The molecule has 3 heteroatoms. The highest BCUT2D eigenvalue weighted by molar-refractivity contribution is 5.83. The number of benzene rings is 1. The van der Waals surface area contributed by atoms with E-state index in [9.17, 15) is 4.79 Å². The molecule has 0 bridgehead atoms. The van der Waals surface area contributed by atoms with Gasteiger partial charge >= 0.3 is 0 Å². The summed E-state index contributed by atoms with van der Waals surface area (Å²) in [5.41, 5.74) is 1.24. The molecule has 1 amide bonds. The van der Waals surface area contributed by atoms with E-state index < -0.39 is 0 Å². The summed E-state index contributed by atoms with van der Waals surface area (Å²) >= 11 is 0. The molecular weight excluding hydrogens is 224 g/mol. The van der Waals surface area contributed by atoms with Crippen LogP contribution >= 0.6 is 0 Å². The number of rotatable bonds is 5. The number of hydrogen-bond donors (Lipinski definition) is 0. The van der Waals surface area contributed by atoms with Gasteiger partial charge in [0.15, 0.2) is 0 Å². The van der Waals surface area contributed by atoms with Gasteiger partial charge in [-0.3, -0.25) is 9.69 Å². The van der Waals surface area contributed by atoms with Crippen molar-refractivity contribution in [3.05, 3.63) is 35.9 Å². The van der Waals surface area contributed by atoms with Crippen molar-refractivity contribution in [3.8, 4) is 0 Å². The van der Waals surface area contributed by atoms with Crippen LogP contribution in [0.1, 0.15) is 25.3 Å². The molecule has 0 spiro atoms. The van der Waals surface area contributed by atoms with Crippen molar-refractivity contribution in [2.45, 2.75) is 32.2 Å². The van der Waals surface area contributed by atoms with Gasteiger partial charge in [0.25, 0.3) is 0 Å². The molecule has 98 valence electrons. The molecule has 1 fully saturated rings. The quantitative estimate of drug-likeness (QED) is 0.794. The average Bonchev–Trinajstić information content (AvgIpc) is 2.65. The van der Waals surface area contributed by atoms with E-state index in [-0.39, 0.29) is 11.9 Å². The molecule has 1 aromatic rings. The maximum Gasteiger partial charge on any atom is 0.241 e. The standard InChI is InChI=1S/C15H22N2O/c1-3-4-10-17-12-16(2)15(18)14(17)11-13-8-6-5-7-9-13/h5-9,14H,3-4,10-12H2,1-2H3. The SMILES string of the molecule is CCCCN1CN(C)C(=O)C1Cc1ccccc1. The molecule has 1 atom stereocenters. The van der Waals surface area contributed by atoms with Crippen molar-refractivity contribution in [3.63, 3.8) is 0 Å². The molecule has 0 aromatic heterocycles. The van der Waals surface area contributed by atoms with E-state index in [0.29, 0.717) is 0 Å². The Hall–Kier alpha value is -1.35. The van der Waals surface area contributed by atoms with E-state index in [0.717, 1.165) is 26.1 Å². The lowest BCUT2D eigenvalue weighted by Gasteiger charge is -2.21. The highest BCUT2D eigenvalue weighted by atomic mass is 16.2. The lowest BCUT2D eigenvalue weighted by atomic mass is 10.0. The van der Waals surface area contributed by atoms with Crippen LogP contribution in [0, 0.1) is 0 Å². The zero-order chi connectivity index (χ0) is 13.0. The Bertz CT molecular complexity index is 391. The van der Waals surface area contributed by atoms with E-state index in [4.69, 9.17) is 0 Å². The third kappa shape index (κ3) is 2.91. The van der Waals surface area contributed by atoms with Crippen LogP contribution < -0.4 is 0 Å². The molecule has 0 N–H and O–H groups in total. The molecule has 1 aliphatic rings. The summed E-state index contributed by atoms with van der Waals surface area (Å²) < 4.78 is 0. The summed E-state index contributed by atoms with van der Waals surface area (Å²) in [6.45, 7) is 3.98. The molecule has 3 nitrogen and oxygen atoms in total. The maximum absolute atomic E-state index is 12.2. The van der Waals surface area contributed by atoms with Crippen molar-refractivity contribution in [2.24, 2.45) is 0 Å². The van der Waals surface area contributed by atoms with E-state index >= 15 is 0 Å². The molecule has 0 saturated carbocycles. The van der Waals surface area contributed by atoms with Crippen molar-refractivity contribution in [2.75, 3.05) is 20.3 Å². The molecular formula is C15H22N2O. The Morgan fingerprint density at radius 3 is 2.67 bits per heavy atom. The minimum atomic E-state index is 0.0314. The van der Waals surface area contributed by atoms with Crippen LogP contribution in [0.15, 0.2) is 30.3 Å². The molecule has 1 aliphatic heterocycles. The number of unbranched alkanes of at least 4 members (excludes halogenated alkanes) is 1. The van der Waals surface area contributed by atoms with Gasteiger partial charge < -0.3 is 4.90 Å². The Balaban J connectivity index is 2.05. The Morgan fingerprint density at radius 1 is 1.28 bits per heavy atom. The molecule has 0 radical (unpaired) electrons. The monoisotopic (exact) mass is 246 g/mol.